The molecule has 0 radical (unpaired) electrons. The van der Waals surface area contributed by atoms with Crippen molar-refractivity contribution in [2.75, 3.05) is 6.61 Å². The molecule has 4 rings (SSSR count). The van der Waals surface area contributed by atoms with E-state index in [1.165, 1.54) is 42.6 Å². The van der Waals surface area contributed by atoms with Crippen LogP contribution in [-0.2, 0) is 23.4 Å². The summed E-state index contributed by atoms with van der Waals surface area (Å²) in [6.45, 7) is 4.67. The highest BCUT2D eigenvalue weighted by molar-refractivity contribution is 5.34. The molecule has 4 heteroatoms. The maximum Gasteiger partial charge on any atom is 0.160 e. The number of nitrogens with one attached hydrogen (secondary N) is 1. The van der Waals surface area contributed by atoms with Crippen molar-refractivity contribution in [3.8, 4) is 0 Å². The second-order valence-corrected chi connectivity index (χ2v) is 6.37. The summed E-state index contributed by atoms with van der Waals surface area (Å²) in [5.41, 5.74) is 3.72. The van der Waals surface area contributed by atoms with E-state index >= 15 is 0 Å². The molecule has 0 amide bonds. The Balaban J connectivity index is 1.79. The van der Waals surface area contributed by atoms with Crippen LogP contribution in [0.3, 0.4) is 0 Å². The van der Waals surface area contributed by atoms with Crippen LogP contribution in [0.5, 0.6) is 0 Å². The zero-order chi connectivity index (χ0) is 13.6. The van der Waals surface area contributed by atoms with Gasteiger partial charge in [-0.3, -0.25) is 0 Å². The number of rotatable bonds is 4. The first-order valence-corrected chi connectivity index (χ1v) is 8.07. The predicted octanol–water partition coefficient (Wildman–Crippen LogP) is 2.76. The Morgan fingerprint density at radius 2 is 2.00 bits per heavy atom. The lowest BCUT2D eigenvalue weighted by atomic mass is 9.99. The first-order valence-electron chi connectivity index (χ1n) is 8.07. The van der Waals surface area contributed by atoms with Gasteiger partial charge in [0, 0.05) is 31.2 Å². The minimum absolute atomic E-state index is 0.198. The zero-order valence-corrected chi connectivity index (χ0v) is 12.2. The Labute approximate surface area is 120 Å². The Morgan fingerprint density at radius 1 is 1.20 bits per heavy atom. The third-order valence-corrected chi connectivity index (χ3v) is 4.92. The molecule has 1 aromatic rings. The fourth-order valence-electron chi connectivity index (χ4n) is 3.75. The molecule has 1 N–H and O–H groups in total. The van der Waals surface area contributed by atoms with Crippen LogP contribution in [-0.4, -0.2) is 16.6 Å². The molecule has 4 nitrogen and oxygen atoms in total. The second kappa shape index (κ2) is 4.78. The lowest BCUT2D eigenvalue weighted by Crippen LogP contribution is -2.30. The minimum atomic E-state index is -0.198. The third kappa shape index (κ3) is 1.97. The van der Waals surface area contributed by atoms with Crippen molar-refractivity contribution in [1.29, 1.82) is 0 Å². The lowest BCUT2D eigenvalue weighted by molar-refractivity contribution is -0.0459. The van der Waals surface area contributed by atoms with Gasteiger partial charge in [-0.2, -0.15) is 0 Å². The third-order valence-electron chi connectivity index (χ3n) is 4.92. The average Bonchev–Trinajstić information content (AvgIpc) is 3.00. The van der Waals surface area contributed by atoms with Gasteiger partial charge in [-0.05, 0) is 45.4 Å². The molecule has 1 aromatic heterocycles. The van der Waals surface area contributed by atoms with Crippen molar-refractivity contribution in [2.24, 2.45) is 0 Å². The standard InChI is InChI=1S/C16H23N3O/c1-2-20-16(7-3-4-8-16)15-18-13-10-17-9-12(13)14(19-15)11-5-6-11/h11,17H,2-10H2,1H3. The summed E-state index contributed by atoms with van der Waals surface area (Å²) in [6, 6.07) is 0. The van der Waals surface area contributed by atoms with Gasteiger partial charge >= 0.3 is 0 Å². The molecule has 0 bridgehead atoms. The maximum atomic E-state index is 6.15. The molecule has 3 aliphatic rings. The first-order chi connectivity index (χ1) is 9.82. The number of nitrogens with zero attached hydrogens (tertiary/aromatic N) is 2. The van der Waals surface area contributed by atoms with Crippen LogP contribution in [0.4, 0.5) is 0 Å². The van der Waals surface area contributed by atoms with Gasteiger partial charge in [0.1, 0.15) is 5.60 Å². The predicted molar refractivity (Wildman–Crippen MR) is 76.3 cm³/mol. The topological polar surface area (TPSA) is 47.0 Å². The minimum Gasteiger partial charge on any atom is -0.367 e. The number of hydrogen-bond donors (Lipinski definition) is 1. The van der Waals surface area contributed by atoms with Gasteiger partial charge in [0.15, 0.2) is 5.82 Å². The summed E-state index contributed by atoms with van der Waals surface area (Å²) in [5, 5.41) is 3.43. The van der Waals surface area contributed by atoms with E-state index < -0.39 is 0 Å². The van der Waals surface area contributed by atoms with Crippen molar-refractivity contribution in [3.63, 3.8) is 0 Å². The Kier molecular flexibility index (Phi) is 3.04. The van der Waals surface area contributed by atoms with Crippen LogP contribution >= 0.6 is 0 Å². The van der Waals surface area contributed by atoms with Gasteiger partial charge in [0.2, 0.25) is 0 Å². The fraction of sp³-hybridized carbons (Fsp3) is 0.750. The maximum absolute atomic E-state index is 6.15. The Morgan fingerprint density at radius 3 is 2.70 bits per heavy atom. The number of aromatic nitrogens is 2. The summed E-state index contributed by atoms with van der Waals surface area (Å²) < 4.78 is 6.15. The normalized spacial score (nSPS) is 24.1. The highest BCUT2D eigenvalue weighted by Crippen LogP contribution is 2.45. The van der Waals surface area contributed by atoms with Gasteiger partial charge in [0.05, 0.1) is 11.4 Å². The smallest absolute Gasteiger partial charge is 0.160 e. The summed E-state index contributed by atoms with van der Waals surface area (Å²) >= 11 is 0. The summed E-state index contributed by atoms with van der Waals surface area (Å²) in [6.07, 6.45) is 7.22. The molecular weight excluding hydrogens is 250 g/mol. The van der Waals surface area contributed by atoms with E-state index in [-0.39, 0.29) is 5.60 Å². The molecule has 2 heterocycles. The molecule has 2 aliphatic carbocycles. The molecule has 0 atom stereocenters. The molecule has 2 fully saturated rings. The van der Waals surface area contributed by atoms with Gasteiger partial charge in [-0.1, -0.05) is 0 Å². The number of hydrogen-bond acceptors (Lipinski definition) is 4. The van der Waals surface area contributed by atoms with E-state index in [1.54, 1.807) is 0 Å². The van der Waals surface area contributed by atoms with Crippen molar-refractivity contribution in [3.05, 3.63) is 22.8 Å². The van der Waals surface area contributed by atoms with E-state index in [2.05, 4.69) is 12.2 Å². The van der Waals surface area contributed by atoms with Crippen molar-refractivity contribution in [2.45, 2.75) is 70.1 Å². The summed E-state index contributed by atoms with van der Waals surface area (Å²) in [5.74, 6) is 1.66. The van der Waals surface area contributed by atoms with E-state index in [0.717, 1.165) is 38.4 Å². The van der Waals surface area contributed by atoms with E-state index in [0.29, 0.717) is 5.92 Å². The van der Waals surface area contributed by atoms with Crippen molar-refractivity contribution >= 4 is 0 Å². The van der Waals surface area contributed by atoms with Crippen LogP contribution in [0, 0.1) is 0 Å². The Bertz CT molecular complexity index is 519. The van der Waals surface area contributed by atoms with Crippen molar-refractivity contribution < 1.29 is 4.74 Å². The monoisotopic (exact) mass is 273 g/mol. The SMILES string of the molecule is CCOC1(c2nc3c(c(C4CC4)n2)CNC3)CCCC1. The van der Waals surface area contributed by atoms with Gasteiger partial charge in [-0.15, -0.1) is 0 Å². The second-order valence-electron chi connectivity index (χ2n) is 6.37. The van der Waals surface area contributed by atoms with Crippen LogP contribution in [0.2, 0.25) is 0 Å². The lowest BCUT2D eigenvalue weighted by Gasteiger charge is -2.28. The van der Waals surface area contributed by atoms with Gasteiger partial charge < -0.3 is 10.1 Å². The van der Waals surface area contributed by atoms with E-state index in [9.17, 15) is 0 Å². The summed E-state index contributed by atoms with van der Waals surface area (Å²) in [7, 11) is 0. The Hall–Kier alpha value is -1.00. The van der Waals surface area contributed by atoms with Crippen LogP contribution in [0.15, 0.2) is 0 Å². The molecule has 108 valence electrons. The highest BCUT2D eigenvalue weighted by Gasteiger charge is 2.41. The quantitative estimate of drug-likeness (QED) is 0.916. The molecule has 0 saturated heterocycles. The van der Waals surface area contributed by atoms with Gasteiger partial charge in [-0.25, -0.2) is 9.97 Å². The average molecular weight is 273 g/mol. The summed E-state index contributed by atoms with van der Waals surface area (Å²) in [4.78, 5) is 9.90. The van der Waals surface area contributed by atoms with Crippen LogP contribution in [0.1, 0.15) is 74.1 Å². The number of fused-ring (bicyclic) bond motifs is 1. The van der Waals surface area contributed by atoms with Crippen LogP contribution < -0.4 is 5.32 Å². The number of ether oxygens (including phenoxy) is 1. The molecule has 20 heavy (non-hydrogen) atoms. The van der Waals surface area contributed by atoms with E-state index in [1.807, 2.05) is 0 Å². The zero-order valence-electron chi connectivity index (χ0n) is 12.2. The fourth-order valence-corrected chi connectivity index (χ4v) is 3.75. The molecular formula is C16H23N3O. The molecule has 2 saturated carbocycles. The largest absolute Gasteiger partial charge is 0.367 e. The molecule has 1 aliphatic heterocycles. The van der Waals surface area contributed by atoms with E-state index in [4.69, 9.17) is 14.7 Å². The molecule has 0 unspecified atom stereocenters. The molecule has 0 aromatic carbocycles. The highest BCUT2D eigenvalue weighted by atomic mass is 16.5. The first kappa shape index (κ1) is 12.7. The van der Waals surface area contributed by atoms with Crippen LogP contribution in [0.25, 0.3) is 0 Å². The van der Waals surface area contributed by atoms with Crippen molar-refractivity contribution in [1.82, 2.24) is 15.3 Å². The molecule has 0 spiro atoms. The van der Waals surface area contributed by atoms with Gasteiger partial charge in [0.25, 0.3) is 0 Å².